The van der Waals surface area contributed by atoms with E-state index in [1.807, 2.05) is 0 Å². The Labute approximate surface area is 148 Å². The summed E-state index contributed by atoms with van der Waals surface area (Å²) in [6.07, 6.45) is 4.44. The number of urea groups is 1. The number of piperazine rings is 1. The summed E-state index contributed by atoms with van der Waals surface area (Å²) in [6, 6.07) is -0.349. The zero-order valence-corrected chi connectivity index (χ0v) is 14.8. The number of carbonyl (C=O) groups is 3. The second kappa shape index (κ2) is 8.14. The fourth-order valence-corrected chi connectivity index (χ4v) is 3.96. The van der Waals surface area contributed by atoms with E-state index in [4.69, 9.17) is 0 Å². The van der Waals surface area contributed by atoms with Crippen LogP contribution in [0.25, 0.3) is 0 Å². The maximum Gasteiger partial charge on any atom is 0.325 e. The number of imide groups is 1. The Morgan fingerprint density at radius 3 is 2.56 bits per heavy atom. The third-order valence-electron chi connectivity index (χ3n) is 5.45. The molecule has 25 heavy (non-hydrogen) atoms. The van der Waals surface area contributed by atoms with E-state index in [-0.39, 0.29) is 30.8 Å². The van der Waals surface area contributed by atoms with Gasteiger partial charge in [-0.25, -0.2) is 4.79 Å². The minimum Gasteiger partial charge on any atom is -0.356 e. The highest BCUT2D eigenvalue weighted by Gasteiger charge is 2.52. The molecule has 2 heterocycles. The van der Waals surface area contributed by atoms with Gasteiger partial charge in [-0.15, -0.1) is 0 Å². The van der Waals surface area contributed by atoms with Gasteiger partial charge >= 0.3 is 6.03 Å². The molecular formula is C17H29N5O3. The van der Waals surface area contributed by atoms with Crippen LogP contribution in [0.3, 0.4) is 0 Å². The van der Waals surface area contributed by atoms with E-state index in [9.17, 15) is 14.4 Å². The lowest BCUT2D eigenvalue weighted by Gasteiger charge is -2.27. The van der Waals surface area contributed by atoms with E-state index in [1.165, 1.54) is 4.90 Å². The molecule has 0 radical (unpaired) electrons. The van der Waals surface area contributed by atoms with Crippen molar-refractivity contribution in [1.29, 1.82) is 0 Å². The minimum atomic E-state index is -0.684. The molecule has 2 aliphatic heterocycles. The molecule has 3 aliphatic rings. The van der Waals surface area contributed by atoms with E-state index in [2.05, 4.69) is 20.9 Å². The Bertz CT molecular complexity index is 512. The molecule has 3 fully saturated rings. The van der Waals surface area contributed by atoms with Crippen LogP contribution in [-0.2, 0) is 9.59 Å². The Balaban J connectivity index is 1.33. The van der Waals surface area contributed by atoms with Crippen LogP contribution in [0.4, 0.5) is 4.79 Å². The molecule has 1 spiro atoms. The zero-order chi connectivity index (χ0) is 17.7. The van der Waals surface area contributed by atoms with Crippen LogP contribution in [-0.4, -0.2) is 79.0 Å². The number of rotatable bonds is 7. The van der Waals surface area contributed by atoms with Gasteiger partial charge in [0.2, 0.25) is 5.91 Å². The van der Waals surface area contributed by atoms with Crippen LogP contribution < -0.4 is 16.0 Å². The summed E-state index contributed by atoms with van der Waals surface area (Å²) < 4.78 is 0. The highest BCUT2D eigenvalue weighted by atomic mass is 16.2. The predicted molar refractivity (Wildman–Crippen MR) is 93.0 cm³/mol. The fraction of sp³-hybridized carbons (Fsp3) is 0.824. The standard InChI is InChI=1S/C17H29N5O3/c23-14(19-7-3-10-21-12-8-18-9-13-21)4-11-22-15(24)17(20-16(22)25)5-1-2-6-17/h18H,1-13H2,(H,19,23)(H,20,25). The third kappa shape index (κ3) is 4.30. The molecule has 4 amide bonds. The molecule has 0 atom stereocenters. The summed E-state index contributed by atoms with van der Waals surface area (Å²) in [5.74, 6) is -0.255. The molecule has 1 aliphatic carbocycles. The summed E-state index contributed by atoms with van der Waals surface area (Å²) >= 11 is 0. The molecular weight excluding hydrogens is 322 g/mol. The number of amides is 4. The van der Waals surface area contributed by atoms with Crippen LogP contribution in [0, 0.1) is 0 Å². The van der Waals surface area contributed by atoms with Gasteiger partial charge in [-0.1, -0.05) is 12.8 Å². The highest BCUT2D eigenvalue weighted by molar-refractivity contribution is 6.07. The maximum atomic E-state index is 12.5. The minimum absolute atomic E-state index is 0.103. The molecule has 3 N–H and O–H groups in total. The van der Waals surface area contributed by atoms with Crippen molar-refractivity contribution in [2.24, 2.45) is 0 Å². The first-order valence-electron chi connectivity index (χ1n) is 9.45. The summed E-state index contributed by atoms with van der Waals surface area (Å²) in [6.45, 7) is 5.95. The Morgan fingerprint density at radius 1 is 1.12 bits per heavy atom. The number of hydrogen-bond donors (Lipinski definition) is 3. The second-order valence-electron chi connectivity index (χ2n) is 7.22. The van der Waals surface area contributed by atoms with Gasteiger partial charge < -0.3 is 20.9 Å². The van der Waals surface area contributed by atoms with Gasteiger partial charge in [0.1, 0.15) is 5.54 Å². The molecule has 0 aromatic rings. The van der Waals surface area contributed by atoms with E-state index in [0.717, 1.165) is 52.0 Å². The number of carbonyl (C=O) groups excluding carboxylic acids is 3. The normalized spacial score (nSPS) is 23.3. The Morgan fingerprint density at radius 2 is 1.84 bits per heavy atom. The van der Waals surface area contributed by atoms with Gasteiger partial charge in [0.25, 0.3) is 5.91 Å². The first-order valence-corrected chi connectivity index (χ1v) is 9.45. The third-order valence-corrected chi connectivity index (χ3v) is 5.45. The molecule has 0 aromatic carbocycles. The second-order valence-corrected chi connectivity index (χ2v) is 7.22. The van der Waals surface area contributed by atoms with Crippen molar-refractivity contribution in [2.45, 2.75) is 44.1 Å². The number of nitrogens with one attached hydrogen (secondary N) is 3. The van der Waals surface area contributed by atoms with Crippen LogP contribution in [0.2, 0.25) is 0 Å². The van der Waals surface area contributed by atoms with Crippen LogP contribution in [0.15, 0.2) is 0 Å². The first kappa shape index (κ1) is 18.1. The van der Waals surface area contributed by atoms with Crippen molar-refractivity contribution in [1.82, 2.24) is 25.8 Å². The van der Waals surface area contributed by atoms with E-state index in [0.29, 0.717) is 19.4 Å². The van der Waals surface area contributed by atoms with Crippen molar-refractivity contribution >= 4 is 17.8 Å². The van der Waals surface area contributed by atoms with Crippen LogP contribution >= 0.6 is 0 Å². The number of hydrogen-bond acceptors (Lipinski definition) is 5. The molecule has 0 bridgehead atoms. The summed E-state index contributed by atoms with van der Waals surface area (Å²) in [7, 11) is 0. The smallest absolute Gasteiger partial charge is 0.325 e. The molecule has 8 heteroatoms. The van der Waals surface area contributed by atoms with Gasteiger partial charge in [-0.2, -0.15) is 0 Å². The fourth-order valence-electron chi connectivity index (χ4n) is 3.96. The average Bonchev–Trinajstić information content (AvgIpc) is 3.17. The highest BCUT2D eigenvalue weighted by Crippen LogP contribution is 2.34. The predicted octanol–water partition coefficient (Wildman–Crippen LogP) is -0.347. The molecule has 8 nitrogen and oxygen atoms in total. The molecule has 140 valence electrons. The lowest BCUT2D eigenvalue weighted by Crippen LogP contribution is -2.44. The van der Waals surface area contributed by atoms with E-state index >= 15 is 0 Å². The largest absolute Gasteiger partial charge is 0.356 e. The molecule has 0 aromatic heterocycles. The van der Waals surface area contributed by atoms with E-state index in [1.54, 1.807) is 0 Å². The van der Waals surface area contributed by atoms with Crippen molar-refractivity contribution in [3.8, 4) is 0 Å². The van der Waals surface area contributed by atoms with Gasteiger partial charge in [0.05, 0.1) is 0 Å². The topological polar surface area (TPSA) is 93.8 Å². The van der Waals surface area contributed by atoms with Crippen molar-refractivity contribution < 1.29 is 14.4 Å². The Hall–Kier alpha value is -1.67. The van der Waals surface area contributed by atoms with Gasteiger partial charge in [0.15, 0.2) is 0 Å². The zero-order valence-electron chi connectivity index (χ0n) is 14.8. The van der Waals surface area contributed by atoms with Crippen LogP contribution in [0.1, 0.15) is 38.5 Å². The van der Waals surface area contributed by atoms with Crippen molar-refractivity contribution in [3.63, 3.8) is 0 Å². The van der Waals surface area contributed by atoms with Crippen LogP contribution in [0.5, 0.6) is 0 Å². The monoisotopic (exact) mass is 351 g/mol. The quantitative estimate of drug-likeness (QED) is 0.431. The van der Waals surface area contributed by atoms with Gasteiger partial charge in [-0.3, -0.25) is 14.5 Å². The number of nitrogens with zero attached hydrogens (tertiary/aromatic N) is 2. The molecule has 1 saturated carbocycles. The summed E-state index contributed by atoms with van der Waals surface area (Å²) in [5.41, 5.74) is -0.684. The average molecular weight is 351 g/mol. The molecule has 0 unspecified atom stereocenters. The summed E-state index contributed by atoms with van der Waals surface area (Å²) in [4.78, 5) is 40.1. The first-order chi connectivity index (χ1) is 12.1. The SMILES string of the molecule is O=C(CCN1C(=O)NC2(CCCC2)C1=O)NCCCN1CCNCC1. The molecule has 3 rings (SSSR count). The Kier molecular flexibility index (Phi) is 5.90. The molecule has 2 saturated heterocycles. The lowest BCUT2D eigenvalue weighted by molar-refractivity contribution is -0.131. The maximum absolute atomic E-state index is 12.5. The summed E-state index contributed by atoms with van der Waals surface area (Å²) in [5, 5.41) is 9.04. The lowest BCUT2D eigenvalue weighted by atomic mass is 9.98. The van der Waals surface area contributed by atoms with Crippen molar-refractivity contribution in [3.05, 3.63) is 0 Å². The van der Waals surface area contributed by atoms with E-state index < -0.39 is 5.54 Å². The van der Waals surface area contributed by atoms with Gasteiger partial charge in [-0.05, 0) is 25.8 Å². The van der Waals surface area contributed by atoms with Gasteiger partial charge in [0, 0.05) is 45.7 Å². The van der Waals surface area contributed by atoms with Crippen molar-refractivity contribution in [2.75, 3.05) is 45.8 Å².